The summed E-state index contributed by atoms with van der Waals surface area (Å²) in [6, 6.07) is 17.4. The minimum Gasteiger partial charge on any atom is -0.395 e. The van der Waals surface area contributed by atoms with Gasteiger partial charge in [0.05, 0.1) is 11.5 Å². The number of carbonyl (C=O) groups excluding carboxylic acids is 2. The topological polar surface area (TPSA) is 60.9 Å². The van der Waals surface area contributed by atoms with Gasteiger partial charge in [0.1, 0.15) is 10.9 Å². The van der Waals surface area contributed by atoms with E-state index in [1.165, 1.54) is 21.6 Å². The summed E-state index contributed by atoms with van der Waals surface area (Å²) in [6.07, 6.45) is 1.79. The van der Waals surface area contributed by atoms with E-state index in [0.29, 0.717) is 15.8 Å². The second kappa shape index (κ2) is 9.82. The monoisotopic (exact) mass is 426 g/mol. The third-order valence-corrected chi connectivity index (χ3v) is 5.86. The summed E-state index contributed by atoms with van der Waals surface area (Å²) in [6.45, 7) is 2.28. The molecule has 7 heteroatoms. The molecule has 150 valence electrons. The summed E-state index contributed by atoms with van der Waals surface area (Å²) in [4.78, 5) is 29.0. The van der Waals surface area contributed by atoms with Crippen LogP contribution < -0.4 is 0 Å². The highest BCUT2D eigenvalue weighted by molar-refractivity contribution is 8.26. The van der Waals surface area contributed by atoms with Crippen LogP contribution in [0.4, 0.5) is 0 Å². The van der Waals surface area contributed by atoms with Gasteiger partial charge in [-0.25, -0.2) is 0 Å². The highest BCUT2D eigenvalue weighted by atomic mass is 32.2. The maximum absolute atomic E-state index is 12.8. The zero-order valence-corrected chi connectivity index (χ0v) is 17.7. The molecule has 5 nitrogen and oxygen atoms in total. The molecule has 0 unspecified atom stereocenters. The Morgan fingerprint density at radius 3 is 2.52 bits per heavy atom. The zero-order valence-electron chi connectivity index (χ0n) is 16.1. The SMILES string of the molecule is Cc1ccc(C=C2SC(=S)N(CC(=O)N(CCO)Cc3ccccc3)C2=O)cc1. The smallest absolute Gasteiger partial charge is 0.266 e. The number of hydrogen-bond acceptors (Lipinski definition) is 5. The van der Waals surface area contributed by atoms with E-state index in [4.69, 9.17) is 12.2 Å². The first-order valence-corrected chi connectivity index (χ1v) is 10.4. The fourth-order valence-corrected chi connectivity index (χ4v) is 4.16. The van der Waals surface area contributed by atoms with Crippen molar-refractivity contribution in [2.24, 2.45) is 0 Å². The third-order valence-electron chi connectivity index (χ3n) is 4.48. The van der Waals surface area contributed by atoms with Gasteiger partial charge < -0.3 is 10.0 Å². The normalized spacial score (nSPS) is 15.2. The van der Waals surface area contributed by atoms with Crippen LogP contribution in [0, 0.1) is 6.92 Å². The molecule has 0 aromatic heterocycles. The Kier molecular flexibility index (Phi) is 7.19. The van der Waals surface area contributed by atoms with E-state index in [1.807, 2.05) is 61.5 Å². The molecular formula is C22H22N2O3S2. The number of amides is 2. The Morgan fingerprint density at radius 1 is 1.17 bits per heavy atom. The molecule has 1 fully saturated rings. The number of nitrogens with zero attached hydrogens (tertiary/aromatic N) is 2. The van der Waals surface area contributed by atoms with Gasteiger partial charge in [0.25, 0.3) is 5.91 Å². The Bertz CT molecular complexity index is 927. The number of thiocarbonyl (C=S) groups is 1. The Hall–Kier alpha value is -2.48. The van der Waals surface area contributed by atoms with E-state index in [1.54, 1.807) is 6.08 Å². The van der Waals surface area contributed by atoms with Crippen molar-refractivity contribution >= 4 is 46.2 Å². The van der Waals surface area contributed by atoms with Crippen molar-refractivity contribution in [1.29, 1.82) is 0 Å². The number of aliphatic hydroxyl groups excluding tert-OH is 1. The lowest BCUT2D eigenvalue weighted by Crippen LogP contribution is -2.42. The number of carbonyl (C=O) groups is 2. The molecule has 2 amide bonds. The van der Waals surface area contributed by atoms with Crippen LogP contribution in [0.2, 0.25) is 0 Å². The van der Waals surface area contributed by atoms with Crippen LogP contribution in [0.5, 0.6) is 0 Å². The van der Waals surface area contributed by atoms with Crippen LogP contribution in [0.3, 0.4) is 0 Å². The first-order chi connectivity index (χ1) is 14.0. The van der Waals surface area contributed by atoms with Crippen molar-refractivity contribution in [1.82, 2.24) is 9.80 Å². The van der Waals surface area contributed by atoms with Crippen LogP contribution in [0.1, 0.15) is 16.7 Å². The largest absolute Gasteiger partial charge is 0.395 e. The average Bonchev–Trinajstić information content (AvgIpc) is 2.97. The highest BCUT2D eigenvalue weighted by Gasteiger charge is 2.34. The van der Waals surface area contributed by atoms with Gasteiger partial charge in [0, 0.05) is 13.1 Å². The molecule has 0 bridgehead atoms. The van der Waals surface area contributed by atoms with Crippen molar-refractivity contribution in [3.05, 3.63) is 76.2 Å². The number of aliphatic hydroxyl groups is 1. The maximum Gasteiger partial charge on any atom is 0.266 e. The fourth-order valence-electron chi connectivity index (χ4n) is 2.90. The van der Waals surface area contributed by atoms with E-state index < -0.39 is 0 Å². The lowest BCUT2D eigenvalue weighted by Gasteiger charge is -2.24. The van der Waals surface area contributed by atoms with Crippen LogP contribution in [-0.4, -0.2) is 50.7 Å². The van der Waals surface area contributed by atoms with Gasteiger partial charge >= 0.3 is 0 Å². The van der Waals surface area contributed by atoms with Crippen LogP contribution in [0.25, 0.3) is 6.08 Å². The van der Waals surface area contributed by atoms with E-state index in [2.05, 4.69) is 0 Å². The summed E-state index contributed by atoms with van der Waals surface area (Å²) in [5.41, 5.74) is 3.01. The van der Waals surface area contributed by atoms with Gasteiger partial charge in [-0.1, -0.05) is 84.1 Å². The molecule has 29 heavy (non-hydrogen) atoms. The quantitative estimate of drug-likeness (QED) is 0.544. The molecule has 1 N–H and O–H groups in total. The van der Waals surface area contributed by atoms with Gasteiger partial charge in [0.15, 0.2) is 0 Å². The minimum absolute atomic E-state index is 0.136. The molecule has 0 spiro atoms. The molecular weight excluding hydrogens is 404 g/mol. The number of thioether (sulfide) groups is 1. The fraction of sp³-hybridized carbons (Fsp3) is 0.227. The van der Waals surface area contributed by atoms with Gasteiger partial charge in [-0.2, -0.15) is 0 Å². The van der Waals surface area contributed by atoms with Crippen LogP contribution in [0.15, 0.2) is 59.5 Å². The van der Waals surface area contributed by atoms with Crippen LogP contribution in [-0.2, 0) is 16.1 Å². The molecule has 0 saturated carbocycles. The first-order valence-electron chi connectivity index (χ1n) is 9.22. The molecule has 0 atom stereocenters. The molecule has 2 aromatic rings. The van der Waals surface area contributed by atoms with Crippen molar-refractivity contribution in [3.8, 4) is 0 Å². The minimum atomic E-state index is -0.266. The van der Waals surface area contributed by atoms with E-state index >= 15 is 0 Å². The van der Waals surface area contributed by atoms with Gasteiger partial charge in [0.2, 0.25) is 5.91 Å². The molecule has 1 aliphatic heterocycles. The highest BCUT2D eigenvalue weighted by Crippen LogP contribution is 2.32. The van der Waals surface area contributed by atoms with Crippen molar-refractivity contribution in [2.75, 3.05) is 19.7 Å². The summed E-state index contributed by atoms with van der Waals surface area (Å²) >= 11 is 6.54. The maximum atomic E-state index is 12.8. The summed E-state index contributed by atoms with van der Waals surface area (Å²) < 4.78 is 0.366. The predicted molar refractivity (Wildman–Crippen MR) is 120 cm³/mol. The first kappa shape index (κ1) is 21.2. The molecule has 1 aliphatic rings. The second-order valence-corrected chi connectivity index (χ2v) is 8.38. The predicted octanol–water partition coefficient (Wildman–Crippen LogP) is 3.22. The number of rotatable bonds is 7. The lowest BCUT2D eigenvalue weighted by molar-refractivity contribution is -0.136. The summed E-state index contributed by atoms with van der Waals surface area (Å²) in [5.74, 6) is -0.520. The molecule has 3 rings (SSSR count). The Labute approximate surface area is 180 Å². The van der Waals surface area contributed by atoms with E-state index in [9.17, 15) is 14.7 Å². The Balaban J connectivity index is 1.70. The van der Waals surface area contributed by atoms with Crippen molar-refractivity contribution in [2.45, 2.75) is 13.5 Å². The van der Waals surface area contributed by atoms with Crippen molar-refractivity contribution < 1.29 is 14.7 Å². The van der Waals surface area contributed by atoms with Crippen molar-refractivity contribution in [3.63, 3.8) is 0 Å². The second-order valence-electron chi connectivity index (χ2n) is 6.70. The van der Waals surface area contributed by atoms with E-state index in [-0.39, 0.29) is 31.5 Å². The molecule has 1 saturated heterocycles. The number of benzene rings is 2. The lowest BCUT2D eigenvalue weighted by atomic mass is 10.1. The van der Waals surface area contributed by atoms with Gasteiger partial charge in [-0.3, -0.25) is 14.5 Å². The average molecular weight is 427 g/mol. The standard InChI is InChI=1S/C22H22N2O3S2/c1-16-7-9-17(10-8-16)13-19-21(27)24(22(28)29-19)15-20(26)23(11-12-25)14-18-5-3-2-4-6-18/h2-10,13,25H,11-12,14-15H2,1H3. The third kappa shape index (κ3) is 5.53. The van der Waals surface area contributed by atoms with Gasteiger partial charge in [-0.05, 0) is 24.1 Å². The van der Waals surface area contributed by atoms with Gasteiger partial charge in [-0.15, -0.1) is 0 Å². The van der Waals surface area contributed by atoms with E-state index in [0.717, 1.165) is 16.7 Å². The molecule has 0 radical (unpaired) electrons. The number of aryl methyl sites for hydroxylation is 1. The Morgan fingerprint density at radius 2 is 1.86 bits per heavy atom. The molecule has 1 heterocycles. The summed E-state index contributed by atoms with van der Waals surface area (Å²) in [5, 5.41) is 9.34. The molecule has 2 aromatic carbocycles. The number of hydrogen-bond donors (Lipinski definition) is 1. The van der Waals surface area contributed by atoms with Crippen LogP contribution >= 0.6 is 24.0 Å². The molecule has 0 aliphatic carbocycles. The zero-order chi connectivity index (χ0) is 20.8. The summed E-state index contributed by atoms with van der Waals surface area (Å²) in [7, 11) is 0.